The Bertz CT molecular complexity index is 237. The van der Waals surface area contributed by atoms with Crippen LogP contribution >= 0.6 is 7.60 Å². The normalized spacial score (nSPS) is 14.5. The van der Waals surface area contributed by atoms with E-state index in [0.717, 1.165) is 25.9 Å². The Labute approximate surface area is 118 Å². The van der Waals surface area contributed by atoms with Crippen LogP contribution in [-0.2, 0) is 9.09 Å². The molecule has 5 heteroatoms. The molecule has 0 fully saturated rings. The molecule has 0 bridgehead atoms. The second-order valence-corrected chi connectivity index (χ2v) is 6.98. The van der Waals surface area contributed by atoms with Crippen molar-refractivity contribution in [3.05, 3.63) is 0 Å². The maximum absolute atomic E-state index is 11.4. The van der Waals surface area contributed by atoms with Gasteiger partial charge in [0.2, 0.25) is 0 Å². The number of nitrogens with one attached hydrogen (secondary N) is 1. The van der Waals surface area contributed by atoms with Gasteiger partial charge in [-0.3, -0.25) is 4.57 Å². The van der Waals surface area contributed by atoms with E-state index < -0.39 is 7.60 Å². The first-order chi connectivity index (χ1) is 9.12. The number of rotatable bonds is 14. The van der Waals surface area contributed by atoms with Gasteiger partial charge in [-0.05, 0) is 39.3 Å². The fraction of sp³-hybridized carbons (Fsp3) is 1.00. The first-order valence-electron chi connectivity index (χ1n) is 7.79. The van der Waals surface area contributed by atoms with Gasteiger partial charge in [0, 0.05) is 0 Å². The minimum atomic E-state index is -3.30. The van der Waals surface area contributed by atoms with Crippen molar-refractivity contribution in [3.63, 3.8) is 0 Å². The summed E-state index contributed by atoms with van der Waals surface area (Å²) >= 11 is 0. The highest BCUT2D eigenvalue weighted by Gasteiger charge is 2.16. The molecule has 19 heavy (non-hydrogen) atoms. The summed E-state index contributed by atoms with van der Waals surface area (Å²) < 4.78 is 16.2. The van der Waals surface area contributed by atoms with Crippen molar-refractivity contribution < 1.29 is 14.0 Å². The number of unbranched alkanes of at least 4 members (excludes halogenated alkanes) is 6. The lowest BCUT2D eigenvalue weighted by atomic mass is 10.1. The molecule has 0 aliphatic heterocycles. The minimum Gasteiger partial charge on any atom is -0.324 e. The summed E-state index contributed by atoms with van der Waals surface area (Å²) in [5.41, 5.74) is 0. The molecule has 2 N–H and O–H groups in total. The van der Waals surface area contributed by atoms with E-state index in [0.29, 0.717) is 6.61 Å². The molecular formula is C14H32NO3P. The van der Waals surface area contributed by atoms with Gasteiger partial charge in [-0.1, -0.05) is 39.0 Å². The zero-order chi connectivity index (χ0) is 14.4. The van der Waals surface area contributed by atoms with Crippen molar-refractivity contribution in [1.29, 1.82) is 0 Å². The highest BCUT2D eigenvalue weighted by molar-refractivity contribution is 7.52. The summed E-state index contributed by atoms with van der Waals surface area (Å²) in [6, 6.07) is 0. The molecule has 0 saturated heterocycles. The molecule has 0 aliphatic rings. The molecular weight excluding hydrogens is 261 g/mol. The van der Waals surface area contributed by atoms with E-state index >= 15 is 0 Å². The largest absolute Gasteiger partial charge is 0.328 e. The highest BCUT2D eigenvalue weighted by Crippen LogP contribution is 2.42. The van der Waals surface area contributed by atoms with Crippen LogP contribution < -0.4 is 5.32 Å². The van der Waals surface area contributed by atoms with Crippen LogP contribution in [0.3, 0.4) is 0 Å². The van der Waals surface area contributed by atoms with Crippen molar-refractivity contribution in [2.45, 2.75) is 65.2 Å². The summed E-state index contributed by atoms with van der Waals surface area (Å²) in [6.07, 6.45) is 9.87. The van der Waals surface area contributed by atoms with Gasteiger partial charge in [-0.25, -0.2) is 0 Å². The van der Waals surface area contributed by atoms with Gasteiger partial charge in [0.1, 0.15) is 0 Å². The molecule has 4 nitrogen and oxygen atoms in total. The Hall–Kier alpha value is 0.110. The highest BCUT2D eigenvalue weighted by atomic mass is 31.2. The van der Waals surface area contributed by atoms with Crippen LogP contribution in [0.15, 0.2) is 0 Å². The molecule has 116 valence electrons. The topological polar surface area (TPSA) is 58.6 Å². The second kappa shape index (κ2) is 13.1. The summed E-state index contributed by atoms with van der Waals surface area (Å²) in [6.45, 7) is 6.28. The molecule has 0 saturated carbocycles. The van der Waals surface area contributed by atoms with Gasteiger partial charge in [0.05, 0.1) is 12.8 Å². The molecule has 0 aliphatic carbocycles. The molecule has 0 aromatic heterocycles. The fourth-order valence-electron chi connectivity index (χ4n) is 1.98. The molecule has 0 radical (unpaired) electrons. The van der Waals surface area contributed by atoms with Crippen molar-refractivity contribution in [1.82, 2.24) is 5.32 Å². The zero-order valence-corrected chi connectivity index (χ0v) is 13.6. The lowest BCUT2D eigenvalue weighted by Crippen LogP contribution is -2.16. The van der Waals surface area contributed by atoms with E-state index in [1.165, 1.54) is 38.5 Å². The third-order valence-corrected chi connectivity index (χ3v) is 4.63. The van der Waals surface area contributed by atoms with Gasteiger partial charge >= 0.3 is 7.60 Å². The second-order valence-electron chi connectivity index (χ2n) is 5.00. The Balaban J connectivity index is 3.17. The summed E-state index contributed by atoms with van der Waals surface area (Å²) in [7, 11) is -3.30. The first kappa shape index (κ1) is 19.1. The van der Waals surface area contributed by atoms with Crippen molar-refractivity contribution >= 4 is 7.60 Å². The van der Waals surface area contributed by atoms with Gasteiger partial charge in [-0.2, -0.15) is 0 Å². The molecule has 0 spiro atoms. The van der Waals surface area contributed by atoms with Gasteiger partial charge in [-0.15, -0.1) is 0 Å². The van der Waals surface area contributed by atoms with E-state index in [2.05, 4.69) is 12.2 Å². The van der Waals surface area contributed by atoms with Crippen LogP contribution in [0.5, 0.6) is 0 Å². The molecule has 0 aromatic carbocycles. The number of hydrogen-bond acceptors (Lipinski definition) is 3. The van der Waals surface area contributed by atoms with Crippen molar-refractivity contribution in [2.24, 2.45) is 0 Å². The monoisotopic (exact) mass is 293 g/mol. The quantitative estimate of drug-likeness (QED) is 0.376. The fourth-order valence-corrected chi connectivity index (χ4v) is 3.14. The van der Waals surface area contributed by atoms with Crippen LogP contribution in [-0.4, -0.2) is 30.8 Å². The zero-order valence-electron chi connectivity index (χ0n) is 12.7. The minimum absolute atomic E-state index is 0.277. The predicted octanol–water partition coefficient (Wildman–Crippen LogP) is 3.94. The van der Waals surface area contributed by atoms with Gasteiger partial charge in [0.15, 0.2) is 0 Å². The van der Waals surface area contributed by atoms with E-state index in [1.807, 2.05) is 0 Å². The molecule has 0 rings (SSSR count). The third kappa shape index (κ3) is 14.3. The third-order valence-electron chi connectivity index (χ3n) is 3.08. The first-order valence-corrected chi connectivity index (χ1v) is 9.55. The smallest absolute Gasteiger partial charge is 0.324 e. The number of hydrogen-bond donors (Lipinski definition) is 2. The SMILES string of the molecule is CCCCCCCCNCCCCP(=O)(O)OCC. The predicted molar refractivity (Wildman–Crippen MR) is 81.8 cm³/mol. The average Bonchev–Trinajstić information content (AvgIpc) is 2.36. The van der Waals surface area contributed by atoms with Crippen molar-refractivity contribution in [2.75, 3.05) is 25.9 Å². The summed E-state index contributed by atoms with van der Waals surface area (Å²) in [4.78, 5) is 9.37. The van der Waals surface area contributed by atoms with Gasteiger partial charge < -0.3 is 14.7 Å². The Kier molecular flexibility index (Phi) is 13.2. The standard InChI is InChI=1S/C14H32NO3P/c1-3-5-6-7-8-9-12-15-13-10-11-14-19(16,17)18-4-2/h15H,3-14H2,1-2H3,(H,16,17). The molecule has 1 unspecified atom stereocenters. The maximum Gasteiger partial charge on any atom is 0.328 e. The van der Waals surface area contributed by atoms with Crippen LogP contribution in [0.4, 0.5) is 0 Å². The Morgan fingerprint density at radius 2 is 1.53 bits per heavy atom. The van der Waals surface area contributed by atoms with Gasteiger partial charge in [0.25, 0.3) is 0 Å². The Morgan fingerprint density at radius 3 is 2.16 bits per heavy atom. The van der Waals surface area contributed by atoms with E-state index in [4.69, 9.17) is 4.52 Å². The van der Waals surface area contributed by atoms with Crippen LogP contribution in [0.2, 0.25) is 0 Å². The van der Waals surface area contributed by atoms with Crippen molar-refractivity contribution in [3.8, 4) is 0 Å². The maximum atomic E-state index is 11.4. The Morgan fingerprint density at radius 1 is 0.947 bits per heavy atom. The van der Waals surface area contributed by atoms with E-state index in [9.17, 15) is 9.46 Å². The van der Waals surface area contributed by atoms with E-state index in [-0.39, 0.29) is 6.16 Å². The van der Waals surface area contributed by atoms with Crippen LogP contribution in [0, 0.1) is 0 Å². The summed E-state index contributed by atoms with van der Waals surface area (Å²) in [5.74, 6) is 0. The van der Waals surface area contributed by atoms with E-state index in [1.54, 1.807) is 6.92 Å². The average molecular weight is 293 g/mol. The lowest BCUT2D eigenvalue weighted by molar-refractivity contribution is 0.273. The van der Waals surface area contributed by atoms with Crippen LogP contribution in [0.1, 0.15) is 65.2 Å². The summed E-state index contributed by atoms with van der Waals surface area (Å²) in [5, 5.41) is 3.38. The molecule has 0 heterocycles. The van der Waals surface area contributed by atoms with Crippen LogP contribution in [0.25, 0.3) is 0 Å². The molecule has 0 aromatic rings. The molecule has 1 atom stereocenters. The molecule has 0 amide bonds. The lowest BCUT2D eigenvalue weighted by Gasteiger charge is -2.10.